The number of nitrogens with zero attached hydrogens (tertiary/aromatic N) is 1. The van der Waals surface area contributed by atoms with Gasteiger partial charge in [0.15, 0.2) is 0 Å². The van der Waals surface area contributed by atoms with Gasteiger partial charge in [-0.25, -0.2) is 0 Å². The molecule has 0 saturated carbocycles. The molecule has 1 rings (SSSR count). The lowest BCUT2D eigenvalue weighted by Gasteiger charge is -2.31. The van der Waals surface area contributed by atoms with Crippen LogP contribution >= 0.6 is 0 Å². The minimum absolute atomic E-state index is 0.503. The summed E-state index contributed by atoms with van der Waals surface area (Å²) in [5.41, 5.74) is 0. The zero-order valence-electron chi connectivity index (χ0n) is 11.2. The highest BCUT2D eigenvalue weighted by Crippen LogP contribution is 2.11. The molecule has 16 heavy (non-hydrogen) atoms. The first-order valence-electron chi connectivity index (χ1n) is 6.74. The van der Waals surface area contributed by atoms with Gasteiger partial charge in [0.2, 0.25) is 0 Å². The molecule has 1 fully saturated rings. The minimum atomic E-state index is 0.503. The Balaban J connectivity index is 2.02. The smallest absolute Gasteiger partial charge is 0.0595 e. The van der Waals surface area contributed by atoms with Crippen LogP contribution in [0.5, 0.6) is 0 Å². The van der Waals surface area contributed by atoms with E-state index in [1.54, 1.807) is 0 Å². The van der Waals surface area contributed by atoms with E-state index >= 15 is 0 Å². The SMILES string of the molecule is CCCC(C)NCCN1CCC(OC)CC1. The van der Waals surface area contributed by atoms with Crippen LogP contribution in [0.1, 0.15) is 39.5 Å². The lowest BCUT2D eigenvalue weighted by Crippen LogP contribution is -2.41. The maximum atomic E-state index is 5.37. The van der Waals surface area contributed by atoms with E-state index in [4.69, 9.17) is 4.74 Å². The zero-order valence-corrected chi connectivity index (χ0v) is 11.2. The molecule has 1 aliphatic rings. The summed E-state index contributed by atoms with van der Waals surface area (Å²) in [6, 6.07) is 0.668. The van der Waals surface area contributed by atoms with Crippen molar-refractivity contribution in [3.05, 3.63) is 0 Å². The zero-order chi connectivity index (χ0) is 11.8. The molecule has 1 saturated heterocycles. The third kappa shape index (κ3) is 5.28. The largest absolute Gasteiger partial charge is 0.381 e. The summed E-state index contributed by atoms with van der Waals surface area (Å²) >= 11 is 0. The number of ether oxygens (including phenoxy) is 1. The third-order valence-electron chi connectivity index (χ3n) is 3.51. The molecule has 0 radical (unpaired) electrons. The van der Waals surface area contributed by atoms with Gasteiger partial charge in [-0.2, -0.15) is 0 Å². The lowest BCUT2D eigenvalue weighted by atomic mass is 10.1. The van der Waals surface area contributed by atoms with Crippen molar-refractivity contribution in [3.63, 3.8) is 0 Å². The number of hydrogen-bond acceptors (Lipinski definition) is 3. The quantitative estimate of drug-likeness (QED) is 0.720. The van der Waals surface area contributed by atoms with E-state index in [0.29, 0.717) is 12.1 Å². The van der Waals surface area contributed by atoms with Gasteiger partial charge in [0.1, 0.15) is 0 Å². The summed E-state index contributed by atoms with van der Waals surface area (Å²) in [5.74, 6) is 0. The number of methoxy groups -OCH3 is 1. The van der Waals surface area contributed by atoms with Crippen LogP contribution in [0.2, 0.25) is 0 Å². The molecule has 1 atom stereocenters. The maximum absolute atomic E-state index is 5.37. The maximum Gasteiger partial charge on any atom is 0.0595 e. The van der Waals surface area contributed by atoms with Crippen LogP contribution in [0.15, 0.2) is 0 Å². The Morgan fingerprint density at radius 2 is 2.06 bits per heavy atom. The highest BCUT2D eigenvalue weighted by atomic mass is 16.5. The van der Waals surface area contributed by atoms with Gasteiger partial charge in [-0.05, 0) is 26.2 Å². The first-order chi connectivity index (χ1) is 7.76. The van der Waals surface area contributed by atoms with E-state index < -0.39 is 0 Å². The highest BCUT2D eigenvalue weighted by Gasteiger charge is 2.17. The molecule has 1 heterocycles. The molecule has 0 bridgehead atoms. The van der Waals surface area contributed by atoms with Gasteiger partial charge in [0.05, 0.1) is 6.10 Å². The normalized spacial score (nSPS) is 21.2. The van der Waals surface area contributed by atoms with E-state index in [0.717, 1.165) is 6.54 Å². The molecule has 3 nitrogen and oxygen atoms in total. The van der Waals surface area contributed by atoms with Crippen LogP contribution in [-0.2, 0) is 4.74 Å². The van der Waals surface area contributed by atoms with Crippen LogP contribution in [0.4, 0.5) is 0 Å². The summed E-state index contributed by atoms with van der Waals surface area (Å²) in [4.78, 5) is 2.54. The molecule has 96 valence electrons. The fraction of sp³-hybridized carbons (Fsp3) is 1.00. The average molecular weight is 228 g/mol. The molecule has 1 aliphatic heterocycles. The minimum Gasteiger partial charge on any atom is -0.381 e. The van der Waals surface area contributed by atoms with E-state index in [9.17, 15) is 0 Å². The van der Waals surface area contributed by atoms with Crippen molar-refractivity contribution in [2.75, 3.05) is 33.3 Å². The van der Waals surface area contributed by atoms with Crippen LogP contribution in [0, 0.1) is 0 Å². The van der Waals surface area contributed by atoms with Crippen LogP contribution in [-0.4, -0.2) is 50.3 Å². The molecular formula is C13H28N2O. The van der Waals surface area contributed by atoms with Gasteiger partial charge in [-0.3, -0.25) is 0 Å². The molecule has 1 unspecified atom stereocenters. The van der Waals surface area contributed by atoms with Crippen molar-refractivity contribution >= 4 is 0 Å². The first-order valence-corrected chi connectivity index (χ1v) is 6.74. The van der Waals surface area contributed by atoms with Crippen LogP contribution in [0.25, 0.3) is 0 Å². The van der Waals surface area contributed by atoms with Crippen molar-refractivity contribution < 1.29 is 4.74 Å². The fourth-order valence-electron chi connectivity index (χ4n) is 2.37. The van der Waals surface area contributed by atoms with Gasteiger partial charge >= 0.3 is 0 Å². The van der Waals surface area contributed by atoms with Gasteiger partial charge in [-0.15, -0.1) is 0 Å². The van der Waals surface area contributed by atoms with E-state index in [1.165, 1.54) is 45.3 Å². The van der Waals surface area contributed by atoms with Crippen LogP contribution < -0.4 is 5.32 Å². The molecule has 0 aromatic heterocycles. The molecule has 1 N–H and O–H groups in total. The molecule has 0 aromatic rings. The van der Waals surface area contributed by atoms with Crippen molar-refractivity contribution in [2.24, 2.45) is 0 Å². The summed E-state index contributed by atoms with van der Waals surface area (Å²) < 4.78 is 5.37. The Morgan fingerprint density at radius 1 is 1.38 bits per heavy atom. The predicted molar refractivity (Wildman–Crippen MR) is 68.8 cm³/mol. The first kappa shape index (κ1) is 13.9. The number of likely N-dealkylation sites (tertiary alicyclic amines) is 1. The Hall–Kier alpha value is -0.120. The van der Waals surface area contributed by atoms with Crippen molar-refractivity contribution in [2.45, 2.75) is 51.7 Å². The predicted octanol–water partition coefficient (Wildman–Crippen LogP) is 1.88. The van der Waals surface area contributed by atoms with Gasteiger partial charge in [0.25, 0.3) is 0 Å². The van der Waals surface area contributed by atoms with Gasteiger partial charge < -0.3 is 15.0 Å². The van der Waals surface area contributed by atoms with E-state index in [2.05, 4.69) is 24.1 Å². The topological polar surface area (TPSA) is 24.5 Å². The Kier molecular flexibility index (Phi) is 7.01. The second kappa shape index (κ2) is 8.04. The average Bonchev–Trinajstić information content (AvgIpc) is 2.30. The Labute approximate surface area is 101 Å². The third-order valence-corrected chi connectivity index (χ3v) is 3.51. The Morgan fingerprint density at radius 3 is 2.62 bits per heavy atom. The number of hydrogen-bond donors (Lipinski definition) is 1. The van der Waals surface area contributed by atoms with Crippen molar-refractivity contribution in [1.29, 1.82) is 0 Å². The van der Waals surface area contributed by atoms with Crippen molar-refractivity contribution in [1.82, 2.24) is 10.2 Å². The van der Waals surface area contributed by atoms with E-state index in [-0.39, 0.29) is 0 Å². The molecular weight excluding hydrogens is 200 g/mol. The number of nitrogens with one attached hydrogen (secondary N) is 1. The fourth-order valence-corrected chi connectivity index (χ4v) is 2.37. The highest BCUT2D eigenvalue weighted by molar-refractivity contribution is 4.73. The summed E-state index contributed by atoms with van der Waals surface area (Å²) in [6.45, 7) is 9.22. The molecule has 0 spiro atoms. The summed E-state index contributed by atoms with van der Waals surface area (Å²) in [6.07, 6.45) is 5.45. The van der Waals surface area contributed by atoms with Crippen LogP contribution in [0.3, 0.4) is 0 Å². The molecule has 0 aliphatic carbocycles. The summed E-state index contributed by atoms with van der Waals surface area (Å²) in [7, 11) is 1.83. The Bertz CT molecular complexity index is 167. The second-order valence-corrected chi connectivity index (χ2v) is 4.92. The standard InChI is InChI=1S/C13H28N2O/c1-4-5-12(2)14-8-11-15-9-6-13(16-3)7-10-15/h12-14H,4-11H2,1-3H3. The molecule has 3 heteroatoms. The van der Waals surface area contributed by atoms with E-state index in [1.807, 2.05) is 7.11 Å². The second-order valence-electron chi connectivity index (χ2n) is 4.92. The molecule has 0 aromatic carbocycles. The van der Waals surface area contributed by atoms with Gasteiger partial charge in [0, 0.05) is 39.3 Å². The van der Waals surface area contributed by atoms with Crippen molar-refractivity contribution in [3.8, 4) is 0 Å². The monoisotopic (exact) mass is 228 g/mol. The lowest BCUT2D eigenvalue weighted by molar-refractivity contribution is 0.0413. The number of rotatable bonds is 7. The molecule has 0 amide bonds. The number of piperidine rings is 1. The van der Waals surface area contributed by atoms with Gasteiger partial charge in [-0.1, -0.05) is 13.3 Å². The summed E-state index contributed by atoms with van der Waals surface area (Å²) in [5, 5.41) is 3.58.